The highest BCUT2D eigenvalue weighted by molar-refractivity contribution is 5.68. The Bertz CT molecular complexity index is 667. The molecular weight excluding hydrogens is 338 g/mol. The van der Waals surface area contributed by atoms with Crippen molar-refractivity contribution in [2.75, 3.05) is 13.1 Å². The first kappa shape index (κ1) is 18.4. The van der Waals surface area contributed by atoms with E-state index < -0.39 is 10.5 Å². The second kappa shape index (κ2) is 6.74. The van der Waals surface area contributed by atoms with E-state index in [4.69, 9.17) is 9.47 Å². The summed E-state index contributed by atoms with van der Waals surface area (Å²) in [6, 6.07) is 2.93. The van der Waals surface area contributed by atoms with Gasteiger partial charge in [0.15, 0.2) is 11.9 Å². The van der Waals surface area contributed by atoms with Crippen LogP contribution in [0.3, 0.4) is 0 Å². The van der Waals surface area contributed by atoms with Gasteiger partial charge in [-0.25, -0.2) is 4.79 Å². The minimum absolute atomic E-state index is 0.103. The van der Waals surface area contributed by atoms with Gasteiger partial charge >= 0.3 is 11.9 Å². The number of carbonyl (C=O) groups is 1. The zero-order chi connectivity index (χ0) is 18.9. The molecule has 26 heavy (non-hydrogen) atoms. The van der Waals surface area contributed by atoms with Crippen LogP contribution < -0.4 is 4.74 Å². The van der Waals surface area contributed by atoms with Gasteiger partial charge in [0.1, 0.15) is 5.60 Å². The van der Waals surface area contributed by atoms with Gasteiger partial charge in [-0.2, -0.15) is 0 Å². The summed E-state index contributed by atoms with van der Waals surface area (Å²) < 4.78 is 11.3. The molecule has 8 heteroatoms. The first-order valence-electron chi connectivity index (χ1n) is 8.91. The Morgan fingerprint density at radius 2 is 1.96 bits per heavy atom. The molecule has 1 aliphatic heterocycles. The Morgan fingerprint density at radius 3 is 2.46 bits per heavy atom. The molecule has 1 saturated heterocycles. The zero-order valence-electron chi connectivity index (χ0n) is 15.4. The Hall–Kier alpha value is -2.38. The number of pyridine rings is 1. The molecule has 2 fully saturated rings. The fourth-order valence-corrected chi connectivity index (χ4v) is 3.63. The molecule has 1 aliphatic carbocycles. The highest BCUT2D eigenvalue weighted by Crippen LogP contribution is 2.50. The topological polar surface area (TPSA) is 94.8 Å². The molecule has 1 saturated carbocycles. The van der Waals surface area contributed by atoms with E-state index in [9.17, 15) is 14.9 Å². The summed E-state index contributed by atoms with van der Waals surface area (Å²) >= 11 is 0. The van der Waals surface area contributed by atoms with Crippen molar-refractivity contribution < 1.29 is 19.2 Å². The van der Waals surface area contributed by atoms with Crippen LogP contribution in [0.1, 0.15) is 46.5 Å². The Morgan fingerprint density at radius 1 is 1.31 bits per heavy atom. The van der Waals surface area contributed by atoms with Crippen LogP contribution in [-0.4, -0.2) is 45.7 Å². The number of nitro groups is 1. The lowest BCUT2D eigenvalue weighted by Gasteiger charge is -2.51. The molecule has 0 aromatic carbocycles. The maximum atomic E-state index is 12.1. The van der Waals surface area contributed by atoms with Gasteiger partial charge in [-0.3, -0.25) is 0 Å². The molecule has 2 heterocycles. The lowest BCUT2D eigenvalue weighted by molar-refractivity contribution is -0.389. The fraction of sp³-hybridized carbons (Fsp3) is 0.667. The predicted octanol–water partition coefficient (Wildman–Crippen LogP) is 3.55. The number of hydrogen-bond acceptors (Lipinski definition) is 6. The van der Waals surface area contributed by atoms with Crippen molar-refractivity contribution in [2.45, 2.75) is 58.2 Å². The highest BCUT2D eigenvalue weighted by atomic mass is 16.6. The molecule has 0 radical (unpaired) electrons. The summed E-state index contributed by atoms with van der Waals surface area (Å²) in [5.41, 5.74) is -0.238. The second-order valence-electron chi connectivity index (χ2n) is 8.22. The van der Waals surface area contributed by atoms with Crippen molar-refractivity contribution in [1.82, 2.24) is 9.88 Å². The van der Waals surface area contributed by atoms with E-state index in [1.54, 1.807) is 11.0 Å². The van der Waals surface area contributed by atoms with E-state index in [0.29, 0.717) is 18.8 Å². The number of ether oxygens (including phenoxy) is 2. The number of piperidine rings is 1. The average molecular weight is 363 g/mol. The fourth-order valence-electron chi connectivity index (χ4n) is 3.63. The molecule has 0 N–H and O–H groups in total. The van der Waals surface area contributed by atoms with Gasteiger partial charge in [-0.05, 0) is 67.8 Å². The van der Waals surface area contributed by atoms with Crippen molar-refractivity contribution in [2.24, 2.45) is 5.41 Å². The minimum Gasteiger partial charge on any atom is -0.486 e. The highest BCUT2D eigenvalue weighted by Gasteiger charge is 2.48. The summed E-state index contributed by atoms with van der Waals surface area (Å²) in [6.45, 7) is 7.03. The largest absolute Gasteiger partial charge is 0.486 e. The molecule has 142 valence electrons. The molecule has 8 nitrogen and oxygen atoms in total. The van der Waals surface area contributed by atoms with Crippen LogP contribution in [0, 0.1) is 15.5 Å². The number of rotatable bonds is 3. The molecule has 2 aliphatic rings. The molecule has 0 atom stereocenters. The van der Waals surface area contributed by atoms with Crippen LogP contribution in [0.15, 0.2) is 18.3 Å². The summed E-state index contributed by atoms with van der Waals surface area (Å²) in [6.07, 6.45) is 5.03. The van der Waals surface area contributed by atoms with E-state index in [1.165, 1.54) is 12.3 Å². The molecule has 3 rings (SSSR count). The maximum absolute atomic E-state index is 12.1. The lowest BCUT2D eigenvalue weighted by Crippen LogP contribution is -2.52. The number of nitrogens with zero attached hydrogens (tertiary/aromatic N) is 3. The van der Waals surface area contributed by atoms with E-state index in [0.717, 1.165) is 25.7 Å². The third-order valence-electron chi connectivity index (χ3n) is 5.01. The zero-order valence-corrected chi connectivity index (χ0v) is 15.4. The predicted molar refractivity (Wildman–Crippen MR) is 94.0 cm³/mol. The summed E-state index contributed by atoms with van der Waals surface area (Å²) in [5.74, 6) is 0.374. The van der Waals surface area contributed by atoms with Gasteiger partial charge in [-0.1, -0.05) is 0 Å². The van der Waals surface area contributed by atoms with Crippen LogP contribution in [-0.2, 0) is 4.74 Å². The van der Waals surface area contributed by atoms with Gasteiger partial charge < -0.3 is 24.5 Å². The summed E-state index contributed by atoms with van der Waals surface area (Å²) in [4.78, 5) is 27.8. The second-order valence-corrected chi connectivity index (χ2v) is 8.22. The Balaban J connectivity index is 1.45. The maximum Gasteiger partial charge on any atom is 0.410 e. The van der Waals surface area contributed by atoms with Crippen LogP contribution in [0.5, 0.6) is 5.75 Å². The molecule has 0 unspecified atom stereocenters. The van der Waals surface area contributed by atoms with Gasteiger partial charge in [-0.15, -0.1) is 0 Å². The number of carbonyl (C=O) groups excluding carboxylic acids is 1. The van der Waals surface area contributed by atoms with Crippen LogP contribution in [0.2, 0.25) is 0 Å². The SMILES string of the molecule is CC(C)(C)OC(=O)N1CCC2(CC1)CC(Oc1ccc([N+](=O)[O-])nc1)C2. The molecule has 1 amide bonds. The molecule has 1 aromatic rings. The molecule has 1 spiro atoms. The van der Waals surface area contributed by atoms with Crippen LogP contribution in [0.25, 0.3) is 0 Å². The van der Waals surface area contributed by atoms with Crippen LogP contribution in [0.4, 0.5) is 10.6 Å². The molecular formula is C18H25N3O5. The van der Waals surface area contributed by atoms with Gasteiger partial charge in [0.05, 0.1) is 6.10 Å². The standard InChI is InChI=1S/C18H25N3O5/c1-17(2,3)26-16(22)20-8-6-18(7-9-20)10-14(11-18)25-13-4-5-15(19-12-13)21(23)24/h4-5,12,14H,6-11H2,1-3H3. The monoisotopic (exact) mass is 363 g/mol. The van der Waals surface area contributed by atoms with Crippen molar-refractivity contribution in [1.29, 1.82) is 0 Å². The van der Waals surface area contributed by atoms with Gasteiger partial charge in [0.2, 0.25) is 0 Å². The summed E-state index contributed by atoms with van der Waals surface area (Å²) in [7, 11) is 0. The van der Waals surface area contributed by atoms with Gasteiger partial charge in [0.25, 0.3) is 0 Å². The number of amides is 1. The minimum atomic E-state index is -0.527. The first-order valence-corrected chi connectivity index (χ1v) is 8.91. The van der Waals surface area contributed by atoms with Gasteiger partial charge in [0, 0.05) is 19.2 Å². The van der Waals surface area contributed by atoms with Crippen molar-refractivity contribution in [3.05, 3.63) is 28.4 Å². The van der Waals surface area contributed by atoms with Crippen molar-refractivity contribution in [3.8, 4) is 5.75 Å². The number of hydrogen-bond donors (Lipinski definition) is 0. The van der Waals surface area contributed by atoms with Crippen LogP contribution >= 0.6 is 0 Å². The lowest BCUT2D eigenvalue weighted by atomic mass is 9.61. The van der Waals surface area contributed by atoms with Crippen molar-refractivity contribution >= 4 is 11.9 Å². The summed E-state index contributed by atoms with van der Waals surface area (Å²) in [5, 5.41) is 10.6. The number of aromatic nitrogens is 1. The smallest absolute Gasteiger partial charge is 0.410 e. The Labute approximate surface area is 152 Å². The first-order chi connectivity index (χ1) is 12.2. The third-order valence-corrected chi connectivity index (χ3v) is 5.01. The molecule has 1 aromatic heterocycles. The van der Waals surface area contributed by atoms with E-state index in [1.807, 2.05) is 20.8 Å². The quantitative estimate of drug-likeness (QED) is 0.602. The molecule has 0 bridgehead atoms. The Kier molecular flexibility index (Phi) is 4.77. The number of likely N-dealkylation sites (tertiary alicyclic amines) is 1. The average Bonchev–Trinajstić information content (AvgIpc) is 2.53. The normalized spacial score (nSPS) is 19.7. The van der Waals surface area contributed by atoms with E-state index in [2.05, 4.69) is 4.98 Å². The van der Waals surface area contributed by atoms with E-state index in [-0.39, 0.29) is 23.4 Å². The third kappa shape index (κ3) is 4.23. The van der Waals surface area contributed by atoms with E-state index >= 15 is 0 Å². The van der Waals surface area contributed by atoms with Crippen molar-refractivity contribution in [3.63, 3.8) is 0 Å².